The average molecular weight is 359 g/mol. The summed E-state index contributed by atoms with van der Waals surface area (Å²) in [5, 5.41) is 3.99. The van der Waals surface area contributed by atoms with Crippen molar-refractivity contribution in [2.45, 2.75) is 38.8 Å². The molecule has 2 heterocycles. The highest BCUT2D eigenvalue weighted by molar-refractivity contribution is 5.80. The zero-order valence-electron chi connectivity index (χ0n) is 14.6. The van der Waals surface area contributed by atoms with E-state index in [2.05, 4.69) is 5.10 Å². The van der Waals surface area contributed by atoms with Gasteiger partial charge in [0.05, 0.1) is 0 Å². The number of ether oxygens (including phenoxy) is 1. The largest absolute Gasteiger partial charge is 0.454 e. The zero-order valence-corrected chi connectivity index (χ0v) is 14.6. The van der Waals surface area contributed by atoms with Crippen molar-refractivity contribution in [3.8, 4) is 11.5 Å². The van der Waals surface area contributed by atoms with Crippen LogP contribution in [0.2, 0.25) is 0 Å². The fourth-order valence-electron chi connectivity index (χ4n) is 2.97. The topological polar surface area (TPSA) is 94.6 Å². The molecule has 0 aliphatic carbocycles. The lowest BCUT2D eigenvalue weighted by Gasteiger charge is -2.33. The van der Waals surface area contributed by atoms with Crippen molar-refractivity contribution in [2.24, 2.45) is 0 Å². The molecule has 3 rings (SSSR count). The molecule has 8 heteroatoms. The number of esters is 1. The van der Waals surface area contributed by atoms with E-state index in [-0.39, 0.29) is 24.4 Å². The van der Waals surface area contributed by atoms with Crippen LogP contribution in [-0.4, -0.2) is 45.8 Å². The molecular weight excluding hydrogens is 338 g/mol. The smallest absolute Gasteiger partial charge is 0.437 e. The van der Waals surface area contributed by atoms with Crippen molar-refractivity contribution < 1.29 is 18.7 Å². The number of benzene rings is 1. The summed E-state index contributed by atoms with van der Waals surface area (Å²) >= 11 is 0. The maximum atomic E-state index is 12.2. The Hall–Kier alpha value is -2.90. The normalized spacial score (nSPS) is 17.1. The van der Waals surface area contributed by atoms with Crippen LogP contribution in [0.4, 0.5) is 0 Å². The number of carbonyl (C=O) groups excluding carboxylic acids is 2. The van der Waals surface area contributed by atoms with Crippen LogP contribution in [0.1, 0.15) is 26.2 Å². The minimum atomic E-state index is -0.753. The summed E-state index contributed by atoms with van der Waals surface area (Å²) in [5.74, 6) is -1.56. The quantitative estimate of drug-likeness (QED) is 0.750. The summed E-state index contributed by atoms with van der Waals surface area (Å²) < 4.78 is 10.9. The summed E-state index contributed by atoms with van der Waals surface area (Å²) in [6, 6.07) is 9.04. The van der Waals surface area contributed by atoms with Gasteiger partial charge in [0.2, 0.25) is 5.89 Å². The Morgan fingerprint density at radius 3 is 2.77 bits per heavy atom. The van der Waals surface area contributed by atoms with Gasteiger partial charge in [-0.2, -0.15) is 4.68 Å². The first kappa shape index (κ1) is 17.9. The maximum absolute atomic E-state index is 12.2. The molecule has 1 atom stereocenters. The maximum Gasteiger partial charge on any atom is 0.437 e. The highest BCUT2D eigenvalue weighted by Gasteiger charge is 2.24. The second kappa shape index (κ2) is 7.99. The third kappa shape index (κ3) is 4.19. The molecule has 0 unspecified atom stereocenters. The van der Waals surface area contributed by atoms with Gasteiger partial charge in [-0.15, -0.1) is 5.10 Å². The molecule has 2 aromatic rings. The lowest BCUT2D eigenvalue weighted by Crippen LogP contribution is -2.44. The minimum absolute atomic E-state index is 0.126. The fourth-order valence-corrected chi connectivity index (χ4v) is 2.97. The number of likely N-dealkylation sites (tertiary alicyclic amines) is 1. The number of aromatic nitrogens is 2. The van der Waals surface area contributed by atoms with Crippen LogP contribution in [-0.2, 0) is 20.9 Å². The van der Waals surface area contributed by atoms with E-state index in [4.69, 9.17) is 9.15 Å². The van der Waals surface area contributed by atoms with E-state index in [1.54, 1.807) is 29.2 Å². The highest BCUT2D eigenvalue weighted by atomic mass is 16.5. The molecule has 1 amide bonds. The summed E-state index contributed by atoms with van der Waals surface area (Å²) in [6.45, 7) is 1.93. The van der Waals surface area contributed by atoms with Gasteiger partial charge in [-0.05, 0) is 38.3 Å². The third-order valence-electron chi connectivity index (χ3n) is 4.39. The van der Waals surface area contributed by atoms with Crippen LogP contribution in [0.15, 0.2) is 39.5 Å². The standard InChI is InChI=1S/C18H21N3O5/c1-13-7-5-6-10-20(13)15(22)12-25-16(23)11-21-18(24)26-17(19-21)14-8-3-2-4-9-14/h2-4,8-9,13H,5-7,10-12H2,1H3/t13-/m1/s1. The van der Waals surface area contributed by atoms with Crippen LogP contribution >= 0.6 is 0 Å². The molecule has 1 saturated heterocycles. The predicted octanol–water partition coefficient (Wildman–Crippen LogP) is 1.45. The predicted molar refractivity (Wildman–Crippen MR) is 92.2 cm³/mol. The van der Waals surface area contributed by atoms with Crippen molar-refractivity contribution in [1.82, 2.24) is 14.7 Å². The zero-order chi connectivity index (χ0) is 18.5. The molecule has 1 aliphatic rings. The number of amides is 1. The van der Waals surface area contributed by atoms with Crippen molar-refractivity contribution in [3.05, 3.63) is 40.9 Å². The van der Waals surface area contributed by atoms with E-state index < -0.39 is 18.3 Å². The number of rotatable bonds is 5. The molecule has 138 valence electrons. The van der Waals surface area contributed by atoms with Gasteiger partial charge < -0.3 is 14.1 Å². The van der Waals surface area contributed by atoms with E-state index >= 15 is 0 Å². The number of carbonyl (C=O) groups is 2. The van der Waals surface area contributed by atoms with E-state index in [1.165, 1.54) is 0 Å². The Balaban J connectivity index is 1.56. The number of piperidine rings is 1. The van der Waals surface area contributed by atoms with Crippen LogP contribution < -0.4 is 5.76 Å². The molecule has 0 radical (unpaired) electrons. The second-order valence-electron chi connectivity index (χ2n) is 6.29. The summed E-state index contributed by atoms with van der Waals surface area (Å²) in [7, 11) is 0. The second-order valence-corrected chi connectivity index (χ2v) is 6.29. The van der Waals surface area contributed by atoms with Gasteiger partial charge in [-0.1, -0.05) is 18.2 Å². The molecule has 1 aliphatic heterocycles. The lowest BCUT2D eigenvalue weighted by molar-refractivity contribution is -0.154. The molecule has 1 fully saturated rings. The molecule has 1 aromatic carbocycles. The monoisotopic (exact) mass is 359 g/mol. The summed E-state index contributed by atoms with van der Waals surface area (Å²) in [5.41, 5.74) is 0.631. The minimum Gasteiger partial charge on any atom is -0.454 e. The SMILES string of the molecule is C[C@@H]1CCCCN1C(=O)COC(=O)Cn1nc(-c2ccccc2)oc1=O. The first-order chi connectivity index (χ1) is 12.5. The van der Waals surface area contributed by atoms with Crippen molar-refractivity contribution in [1.29, 1.82) is 0 Å². The number of hydrogen-bond donors (Lipinski definition) is 0. The van der Waals surface area contributed by atoms with Crippen LogP contribution in [0, 0.1) is 0 Å². The van der Waals surface area contributed by atoms with E-state index in [0.717, 1.165) is 23.9 Å². The van der Waals surface area contributed by atoms with E-state index in [0.29, 0.717) is 12.1 Å². The lowest BCUT2D eigenvalue weighted by atomic mass is 10.0. The van der Waals surface area contributed by atoms with Gasteiger partial charge in [0.15, 0.2) is 6.61 Å². The summed E-state index contributed by atoms with van der Waals surface area (Å²) in [4.78, 5) is 37.7. The first-order valence-corrected chi connectivity index (χ1v) is 8.63. The van der Waals surface area contributed by atoms with Gasteiger partial charge in [0.1, 0.15) is 6.54 Å². The molecule has 0 N–H and O–H groups in total. The van der Waals surface area contributed by atoms with E-state index in [1.807, 2.05) is 13.0 Å². The third-order valence-corrected chi connectivity index (χ3v) is 4.39. The highest BCUT2D eigenvalue weighted by Crippen LogP contribution is 2.16. The first-order valence-electron chi connectivity index (χ1n) is 8.63. The fraction of sp³-hybridized carbons (Fsp3) is 0.444. The van der Waals surface area contributed by atoms with Crippen LogP contribution in [0.3, 0.4) is 0 Å². The van der Waals surface area contributed by atoms with Gasteiger partial charge in [-0.3, -0.25) is 9.59 Å². The molecule has 0 bridgehead atoms. The Labute approximate surface area is 150 Å². The Kier molecular flexibility index (Phi) is 5.50. The number of nitrogens with zero attached hydrogens (tertiary/aromatic N) is 3. The average Bonchev–Trinajstić information content (AvgIpc) is 3.01. The summed E-state index contributed by atoms with van der Waals surface area (Å²) in [6.07, 6.45) is 3.01. The molecular formula is C18H21N3O5. The van der Waals surface area contributed by atoms with E-state index in [9.17, 15) is 14.4 Å². The Morgan fingerprint density at radius 1 is 1.27 bits per heavy atom. The Bertz CT molecular complexity index is 827. The van der Waals surface area contributed by atoms with Crippen molar-refractivity contribution in [3.63, 3.8) is 0 Å². The number of hydrogen-bond acceptors (Lipinski definition) is 6. The molecule has 1 aromatic heterocycles. The molecule has 0 saturated carbocycles. The van der Waals surface area contributed by atoms with Gasteiger partial charge >= 0.3 is 11.7 Å². The molecule has 8 nitrogen and oxygen atoms in total. The Morgan fingerprint density at radius 2 is 2.04 bits per heavy atom. The van der Waals surface area contributed by atoms with Crippen LogP contribution in [0.25, 0.3) is 11.5 Å². The van der Waals surface area contributed by atoms with Gasteiger partial charge in [-0.25, -0.2) is 4.79 Å². The van der Waals surface area contributed by atoms with Gasteiger partial charge in [0.25, 0.3) is 5.91 Å². The van der Waals surface area contributed by atoms with Crippen molar-refractivity contribution in [2.75, 3.05) is 13.2 Å². The molecule has 0 spiro atoms. The van der Waals surface area contributed by atoms with Gasteiger partial charge in [0, 0.05) is 18.2 Å². The van der Waals surface area contributed by atoms with Crippen LogP contribution in [0.5, 0.6) is 0 Å². The molecule has 26 heavy (non-hydrogen) atoms. The van der Waals surface area contributed by atoms with Crippen molar-refractivity contribution >= 4 is 11.9 Å².